The fourth-order valence-electron chi connectivity index (χ4n) is 2.91. The molecule has 1 aromatic rings. The lowest BCUT2D eigenvalue weighted by molar-refractivity contribution is 0.0115. The summed E-state index contributed by atoms with van der Waals surface area (Å²) in [6.45, 7) is 3.18. The predicted molar refractivity (Wildman–Crippen MR) is 89.8 cm³/mol. The number of aliphatic hydroxyl groups is 1. The molecular weight excluding hydrogens is 277 g/mol. The average molecular weight is 305 g/mol. The number of hydrogen-bond acceptors (Lipinski definition) is 4. The molecule has 2 unspecified atom stereocenters. The summed E-state index contributed by atoms with van der Waals surface area (Å²) in [5.41, 5.74) is 2.21. The van der Waals surface area contributed by atoms with E-state index in [4.69, 9.17) is 9.76 Å². The monoisotopic (exact) mass is 305 g/mol. The van der Waals surface area contributed by atoms with Crippen molar-refractivity contribution < 1.29 is 14.9 Å². The van der Waals surface area contributed by atoms with E-state index >= 15 is 0 Å². The van der Waals surface area contributed by atoms with E-state index in [-0.39, 0.29) is 0 Å². The fraction of sp³-hybridized carbons (Fsp3) is 0.647. The lowest BCUT2D eigenvalue weighted by Crippen LogP contribution is -2.31. The number of hydrogen-bond donors (Lipinski definition) is 3. The molecular formula is C17H28BNO3. The van der Waals surface area contributed by atoms with E-state index < -0.39 is 13.2 Å². The van der Waals surface area contributed by atoms with Crippen LogP contribution in [0.4, 0.5) is 0 Å². The van der Waals surface area contributed by atoms with Gasteiger partial charge in [0.1, 0.15) is 0 Å². The van der Waals surface area contributed by atoms with Crippen molar-refractivity contribution in [3.8, 4) is 0 Å². The number of ether oxygens (including phenoxy) is 1. The van der Waals surface area contributed by atoms with Gasteiger partial charge in [-0.2, -0.15) is 0 Å². The number of rotatable bonds is 8. The maximum absolute atomic E-state index is 10.2. The summed E-state index contributed by atoms with van der Waals surface area (Å²) in [7, 11) is -0.533. The second kappa shape index (κ2) is 9.31. The number of benzene rings is 1. The molecule has 0 bridgehead atoms. The maximum atomic E-state index is 10.2. The van der Waals surface area contributed by atoms with Crippen molar-refractivity contribution in [2.75, 3.05) is 13.2 Å². The molecule has 0 radical (unpaired) electrons. The van der Waals surface area contributed by atoms with E-state index in [2.05, 4.69) is 17.4 Å². The third-order valence-corrected chi connectivity index (χ3v) is 4.22. The van der Waals surface area contributed by atoms with Crippen molar-refractivity contribution in [1.82, 2.24) is 5.23 Å². The van der Waals surface area contributed by atoms with Crippen LogP contribution in [0.15, 0.2) is 24.3 Å². The van der Waals surface area contributed by atoms with Gasteiger partial charge in [-0.25, -0.2) is 0 Å². The van der Waals surface area contributed by atoms with Crippen LogP contribution in [0.25, 0.3) is 0 Å². The Morgan fingerprint density at radius 2 is 2.27 bits per heavy atom. The van der Waals surface area contributed by atoms with Crippen LogP contribution in [0.2, 0.25) is 6.82 Å². The third kappa shape index (κ3) is 6.09. The van der Waals surface area contributed by atoms with E-state index in [9.17, 15) is 5.11 Å². The molecule has 1 aromatic carbocycles. The Hall–Kier alpha value is -0.875. The highest BCUT2D eigenvalue weighted by Crippen LogP contribution is 2.21. The molecule has 0 saturated carbocycles. The zero-order chi connectivity index (χ0) is 15.8. The summed E-state index contributed by atoms with van der Waals surface area (Å²) >= 11 is 0. The standard InChI is InChI=1S/C17H28BNO3/c1-18(21)19-11-10-17(20)15-6-4-5-14(13-15)8-9-16-7-2-3-12-22-16/h4-6,13,16-17,19-21H,2-3,7-12H2,1H3. The maximum Gasteiger partial charge on any atom is 0.373 e. The molecule has 2 atom stereocenters. The largest absolute Gasteiger partial charge is 0.437 e. The molecule has 1 saturated heterocycles. The highest BCUT2D eigenvalue weighted by Gasteiger charge is 2.14. The zero-order valence-electron chi connectivity index (χ0n) is 13.5. The van der Waals surface area contributed by atoms with Gasteiger partial charge in [-0.05, 0) is 63.0 Å². The SMILES string of the molecule is CB(O)NCCC(O)c1cccc(CCC2CCCCO2)c1. The number of aryl methyl sites for hydroxylation is 1. The molecule has 0 aliphatic carbocycles. The molecule has 122 valence electrons. The highest BCUT2D eigenvalue weighted by molar-refractivity contribution is 6.45. The molecule has 1 fully saturated rings. The van der Waals surface area contributed by atoms with Gasteiger partial charge in [0.25, 0.3) is 0 Å². The van der Waals surface area contributed by atoms with Gasteiger partial charge in [-0.3, -0.25) is 0 Å². The van der Waals surface area contributed by atoms with Crippen LogP contribution in [0.5, 0.6) is 0 Å². The Morgan fingerprint density at radius 1 is 1.41 bits per heavy atom. The summed E-state index contributed by atoms with van der Waals surface area (Å²) in [5.74, 6) is 0. The normalized spacial score (nSPS) is 19.9. The van der Waals surface area contributed by atoms with E-state index in [1.54, 1.807) is 6.82 Å². The van der Waals surface area contributed by atoms with Crippen LogP contribution in [0.1, 0.15) is 49.3 Å². The topological polar surface area (TPSA) is 61.7 Å². The molecule has 0 aromatic heterocycles. The third-order valence-electron chi connectivity index (χ3n) is 4.22. The van der Waals surface area contributed by atoms with Crippen molar-refractivity contribution in [3.05, 3.63) is 35.4 Å². The van der Waals surface area contributed by atoms with Crippen molar-refractivity contribution in [1.29, 1.82) is 0 Å². The zero-order valence-corrected chi connectivity index (χ0v) is 13.5. The summed E-state index contributed by atoms with van der Waals surface area (Å²) < 4.78 is 5.77. The van der Waals surface area contributed by atoms with Gasteiger partial charge < -0.3 is 20.1 Å². The molecule has 0 spiro atoms. The lowest BCUT2D eigenvalue weighted by Gasteiger charge is -2.22. The first-order chi connectivity index (χ1) is 10.6. The molecule has 0 amide bonds. The second-order valence-electron chi connectivity index (χ2n) is 6.21. The molecule has 2 rings (SSSR count). The minimum Gasteiger partial charge on any atom is -0.437 e. The van der Waals surface area contributed by atoms with Crippen LogP contribution in [-0.2, 0) is 11.2 Å². The highest BCUT2D eigenvalue weighted by atomic mass is 16.5. The van der Waals surface area contributed by atoms with Gasteiger partial charge in [-0.1, -0.05) is 24.3 Å². The second-order valence-corrected chi connectivity index (χ2v) is 6.21. The fourth-order valence-corrected chi connectivity index (χ4v) is 2.91. The van der Waals surface area contributed by atoms with E-state index in [0.717, 1.165) is 25.0 Å². The first-order valence-corrected chi connectivity index (χ1v) is 8.45. The van der Waals surface area contributed by atoms with Crippen LogP contribution < -0.4 is 5.23 Å². The summed E-state index contributed by atoms with van der Waals surface area (Å²) in [5, 5.41) is 22.3. The van der Waals surface area contributed by atoms with Crippen LogP contribution in [0.3, 0.4) is 0 Å². The van der Waals surface area contributed by atoms with Crippen molar-refractivity contribution in [2.45, 2.75) is 57.6 Å². The van der Waals surface area contributed by atoms with Crippen molar-refractivity contribution >= 4 is 7.05 Å². The first kappa shape index (κ1) is 17.5. The Labute approximate surface area is 134 Å². The molecule has 1 aliphatic heterocycles. The average Bonchev–Trinajstić information content (AvgIpc) is 2.54. The van der Waals surface area contributed by atoms with Gasteiger partial charge in [0.05, 0.1) is 12.2 Å². The predicted octanol–water partition coefficient (Wildman–Crippen LogP) is 2.31. The minimum absolute atomic E-state index is 0.401. The van der Waals surface area contributed by atoms with Gasteiger partial charge in [-0.15, -0.1) is 0 Å². The van der Waals surface area contributed by atoms with Crippen molar-refractivity contribution in [3.63, 3.8) is 0 Å². The Balaban J connectivity index is 1.80. The molecule has 4 nitrogen and oxygen atoms in total. The Morgan fingerprint density at radius 3 is 3.00 bits per heavy atom. The van der Waals surface area contributed by atoms with Gasteiger partial charge in [0.15, 0.2) is 0 Å². The van der Waals surface area contributed by atoms with Crippen LogP contribution in [0, 0.1) is 0 Å². The molecule has 5 heteroatoms. The van der Waals surface area contributed by atoms with Gasteiger partial charge in [0.2, 0.25) is 0 Å². The van der Waals surface area contributed by atoms with Crippen LogP contribution in [-0.4, -0.2) is 36.4 Å². The van der Waals surface area contributed by atoms with Crippen LogP contribution >= 0.6 is 0 Å². The van der Waals surface area contributed by atoms with E-state index in [0.29, 0.717) is 19.1 Å². The van der Waals surface area contributed by atoms with Gasteiger partial charge in [0, 0.05) is 6.61 Å². The number of aliphatic hydroxyl groups excluding tert-OH is 1. The summed E-state index contributed by atoms with van der Waals surface area (Å²) in [4.78, 5) is 0. The quantitative estimate of drug-likeness (QED) is 0.645. The smallest absolute Gasteiger partial charge is 0.373 e. The molecule has 1 aliphatic rings. The molecule has 3 N–H and O–H groups in total. The van der Waals surface area contributed by atoms with Gasteiger partial charge >= 0.3 is 7.05 Å². The van der Waals surface area contributed by atoms with E-state index in [1.165, 1.54) is 24.8 Å². The van der Waals surface area contributed by atoms with Crippen molar-refractivity contribution in [2.24, 2.45) is 0 Å². The lowest BCUT2D eigenvalue weighted by atomic mass is 9.88. The first-order valence-electron chi connectivity index (χ1n) is 8.45. The molecule has 22 heavy (non-hydrogen) atoms. The molecule has 1 heterocycles. The minimum atomic E-state index is -0.533. The number of nitrogens with one attached hydrogen (secondary N) is 1. The summed E-state index contributed by atoms with van der Waals surface area (Å²) in [6.07, 6.45) is 6.21. The summed E-state index contributed by atoms with van der Waals surface area (Å²) in [6, 6.07) is 8.19. The van der Waals surface area contributed by atoms with E-state index in [1.807, 2.05) is 12.1 Å². The Kier molecular flexibility index (Phi) is 7.39. The Bertz CT molecular complexity index is 436.